The van der Waals surface area contributed by atoms with Crippen LogP contribution in [0.1, 0.15) is 18.6 Å². The Bertz CT molecular complexity index is 252. The van der Waals surface area contributed by atoms with Gasteiger partial charge in [-0.25, -0.2) is 0 Å². The summed E-state index contributed by atoms with van der Waals surface area (Å²) in [5.41, 5.74) is 0.570. The third-order valence-electron chi connectivity index (χ3n) is 2.53. The van der Waals surface area contributed by atoms with Crippen molar-refractivity contribution in [3.05, 3.63) is 24.2 Å². The minimum Gasteiger partial charge on any atom is -0.468 e. The fourth-order valence-electron chi connectivity index (χ4n) is 1.29. The molecule has 0 amide bonds. The maximum absolute atomic E-state index is 5.26. The minimum absolute atomic E-state index is 0.570. The number of rotatable bonds is 5. The minimum atomic E-state index is 0.570. The van der Waals surface area contributed by atoms with Gasteiger partial charge in [0.05, 0.1) is 12.0 Å². The smallest absolute Gasteiger partial charge is 0.113 e. The number of thioether (sulfide) groups is 1. The van der Waals surface area contributed by atoms with E-state index in [0.717, 1.165) is 17.3 Å². The summed E-state index contributed by atoms with van der Waals surface area (Å²) in [5, 5.41) is 0. The van der Waals surface area contributed by atoms with Gasteiger partial charge in [0.25, 0.3) is 0 Å². The number of hydrogen-bond acceptors (Lipinski definition) is 3. The van der Waals surface area contributed by atoms with Crippen LogP contribution in [0, 0.1) is 5.41 Å². The Balaban J connectivity index is 1.70. The molecular weight excluding hydrogens is 200 g/mol. The molecule has 1 aliphatic rings. The van der Waals surface area contributed by atoms with Gasteiger partial charge in [-0.15, -0.1) is 0 Å². The van der Waals surface area contributed by atoms with E-state index >= 15 is 0 Å². The average Bonchev–Trinajstić information content (AvgIpc) is 2.74. The molecular formula is C10H14OS2. The number of hydrogen-bond donors (Lipinski definition) is 1. The molecule has 1 nitrogen and oxygen atoms in total. The molecule has 13 heavy (non-hydrogen) atoms. The Morgan fingerprint density at radius 3 is 2.92 bits per heavy atom. The maximum Gasteiger partial charge on any atom is 0.113 e. The fraction of sp³-hybridized carbons (Fsp3) is 0.600. The second kappa shape index (κ2) is 4.01. The van der Waals surface area contributed by atoms with Crippen molar-refractivity contribution < 1.29 is 4.42 Å². The van der Waals surface area contributed by atoms with Crippen molar-refractivity contribution in [2.24, 2.45) is 5.41 Å². The molecule has 0 atom stereocenters. The van der Waals surface area contributed by atoms with E-state index in [0.29, 0.717) is 5.41 Å². The zero-order valence-corrected chi connectivity index (χ0v) is 9.24. The topological polar surface area (TPSA) is 13.1 Å². The molecule has 0 unspecified atom stereocenters. The summed E-state index contributed by atoms with van der Waals surface area (Å²) in [5.74, 6) is 4.36. The van der Waals surface area contributed by atoms with Crippen molar-refractivity contribution in [3.8, 4) is 0 Å². The van der Waals surface area contributed by atoms with Gasteiger partial charge >= 0.3 is 0 Å². The second-order valence-electron chi connectivity index (χ2n) is 3.73. The summed E-state index contributed by atoms with van der Waals surface area (Å²) >= 11 is 6.34. The van der Waals surface area contributed by atoms with Crippen LogP contribution in [0.5, 0.6) is 0 Å². The Morgan fingerprint density at radius 1 is 1.54 bits per heavy atom. The van der Waals surface area contributed by atoms with Crippen LogP contribution >= 0.6 is 24.4 Å². The Morgan fingerprint density at radius 2 is 2.38 bits per heavy atom. The molecule has 3 heteroatoms. The fourth-order valence-corrected chi connectivity index (χ4v) is 3.16. The van der Waals surface area contributed by atoms with Gasteiger partial charge in [0.1, 0.15) is 5.76 Å². The van der Waals surface area contributed by atoms with Crippen molar-refractivity contribution in [3.63, 3.8) is 0 Å². The molecule has 1 aliphatic carbocycles. The normalized spacial score (nSPS) is 18.8. The highest BCUT2D eigenvalue weighted by Gasteiger charge is 2.40. The first kappa shape index (κ1) is 9.53. The standard InChI is InChI=1S/C10H14OS2/c12-7-10(3-4-10)8-13-6-9-2-1-5-11-9/h1-2,5,12H,3-4,6-8H2. The number of furan rings is 1. The molecule has 0 bridgehead atoms. The van der Waals surface area contributed by atoms with Crippen molar-refractivity contribution in [2.45, 2.75) is 18.6 Å². The quantitative estimate of drug-likeness (QED) is 0.756. The van der Waals surface area contributed by atoms with Crippen molar-refractivity contribution >= 4 is 24.4 Å². The lowest BCUT2D eigenvalue weighted by molar-refractivity contribution is 0.530. The van der Waals surface area contributed by atoms with E-state index in [1.807, 2.05) is 23.9 Å². The molecule has 0 spiro atoms. The third-order valence-corrected chi connectivity index (χ3v) is 4.50. The largest absolute Gasteiger partial charge is 0.468 e. The van der Waals surface area contributed by atoms with Gasteiger partial charge in [0, 0.05) is 5.75 Å². The van der Waals surface area contributed by atoms with E-state index in [2.05, 4.69) is 12.6 Å². The highest BCUT2D eigenvalue weighted by molar-refractivity contribution is 7.98. The summed E-state index contributed by atoms with van der Waals surface area (Å²) in [4.78, 5) is 0. The lowest BCUT2D eigenvalue weighted by atomic mass is 10.2. The van der Waals surface area contributed by atoms with Crippen LogP contribution in [0.15, 0.2) is 22.8 Å². The van der Waals surface area contributed by atoms with E-state index in [4.69, 9.17) is 4.42 Å². The van der Waals surface area contributed by atoms with Gasteiger partial charge in [-0.05, 0) is 36.1 Å². The zero-order chi connectivity index (χ0) is 9.15. The Hall–Kier alpha value is -0.0200. The molecule has 2 rings (SSSR count). The zero-order valence-electron chi connectivity index (χ0n) is 7.53. The van der Waals surface area contributed by atoms with Gasteiger partial charge in [-0.3, -0.25) is 0 Å². The van der Waals surface area contributed by atoms with Gasteiger partial charge in [0.15, 0.2) is 0 Å². The Labute approximate surface area is 88.7 Å². The van der Waals surface area contributed by atoms with Crippen LogP contribution in [0.25, 0.3) is 0 Å². The van der Waals surface area contributed by atoms with E-state index in [1.54, 1.807) is 6.26 Å². The van der Waals surface area contributed by atoms with E-state index in [1.165, 1.54) is 18.6 Å². The summed E-state index contributed by atoms with van der Waals surface area (Å²) in [6, 6.07) is 3.98. The van der Waals surface area contributed by atoms with Crippen molar-refractivity contribution in [1.82, 2.24) is 0 Å². The van der Waals surface area contributed by atoms with E-state index in [9.17, 15) is 0 Å². The molecule has 72 valence electrons. The molecule has 0 N–H and O–H groups in total. The predicted octanol–water partition coefficient (Wildman–Crippen LogP) is 3.22. The highest BCUT2D eigenvalue weighted by Crippen LogP contribution is 2.49. The molecule has 0 aromatic carbocycles. The Kier molecular flexibility index (Phi) is 2.94. The molecule has 1 heterocycles. The molecule has 0 aliphatic heterocycles. The first-order valence-electron chi connectivity index (χ1n) is 4.56. The van der Waals surface area contributed by atoms with E-state index < -0.39 is 0 Å². The molecule has 0 saturated heterocycles. The van der Waals surface area contributed by atoms with Crippen LogP contribution in [0.3, 0.4) is 0 Å². The van der Waals surface area contributed by atoms with Crippen LogP contribution < -0.4 is 0 Å². The van der Waals surface area contributed by atoms with Gasteiger partial charge in [-0.1, -0.05) is 0 Å². The van der Waals surface area contributed by atoms with Crippen LogP contribution in [-0.4, -0.2) is 11.5 Å². The van der Waals surface area contributed by atoms with E-state index in [-0.39, 0.29) is 0 Å². The van der Waals surface area contributed by atoms with Crippen molar-refractivity contribution in [1.29, 1.82) is 0 Å². The van der Waals surface area contributed by atoms with Gasteiger partial charge in [-0.2, -0.15) is 24.4 Å². The monoisotopic (exact) mass is 214 g/mol. The molecule has 1 fully saturated rings. The van der Waals surface area contributed by atoms with Gasteiger partial charge in [0.2, 0.25) is 0 Å². The first-order valence-corrected chi connectivity index (χ1v) is 6.34. The third kappa shape index (κ3) is 2.47. The molecule has 1 aromatic rings. The second-order valence-corrected chi connectivity index (χ2v) is 5.03. The van der Waals surface area contributed by atoms with Gasteiger partial charge < -0.3 is 4.42 Å². The average molecular weight is 214 g/mol. The van der Waals surface area contributed by atoms with Crippen molar-refractivity contribution in [2.75, 3.05) is 11.5 Å². The summed E-state index contributed by atoms with van der Waals surface area (Å²) < 4.78 is 5.26. The van der Waals surface area contributed by atoms with Crippen LogP contribution in [-0.2, 0) is 5.75 Å². The molecule has 1 aromatic heterocycles. The van der Waals surface area contributed by atoms with Crippen LogP contribution in [0.2, 0.25) is 0 Å². The molecule has 0 radical (unpaired) electrons. The SMILES string of the molecule is SCC1(CSCc2ccco2)CC1. The summed E-state index contributed by atoms with van der Waals surface area (Å²) in [7, 11) is 0. The summed E-state index contributed by atoms with van der Waals surface area (Å²) in [6.45, 7) is 0. The molecule has 1 saturated carbocycles. The lowest BCUT2D eigenvalue weighted by Gasteiger charge is -2.09. The lowest BCUT2D eigenvalue weighted by Crippen LogP contribution is -2.05. The summed E-state index contributed by atoms with van der Waals surface area (Å²) in [6.07, 6.45) is 4.46. The highest BCUT2D eigenvalue weighted by atomic mass is 32.2. The van der Waals surface area contributed by atoms with Crippen LogP contribution in [0.4, 0.5) is 0 Å². The first-order chi connectivity index (χ1) is 6.35. The predicted molar refractivity (Wildman–Crippen MR) is 60.4 cm³/mol. The number of thiol groups is 1. The maximum atomic E-state index is 5.26.